The molecular weight excluding hydrogens is 179 g/mol. The number of aliphatic hydroxyl groups excluding tert-OH is 1. The molecule has 0 radical (unpaired) electrons. The summed E-state index contributed by atoms with van der Waals surface area (Å²) in [6.45, 7) is 0.300. The molecule has 0 bridgehead atoms. The summed E-state index contributed by atoms with van der Waals surface area (Å²) in [5, 5.41) is 8.57. The first-order valence-corrected chi connectivity index (χ1v) is 3.77. The largest absolute Gasteiger partial charge is 0.394 e. The van der Waals surface area contributed by atoms with Gasteiger partial charge in [0.25, 0.3) is 0 Å². The molecule has 0 aromatic carbocycles. The monoisotopic (exact) mass is 186 g/mol. The zero-order chi connectivity index (χ0) is 7.56. The first-order chi connectivity index (χ1) is 4.74. The molecule has 0 spiro atoms. The first kappa shape index (κ1) is 8.56. The first-order valence-electron chi connectivity index (χ1n) is 2.90. The average molecular weight is 187 g/mol. The summed E-state index contributed by atoms with van der Waals surface area (Å²) < 4.78 is 10.0. The molecule has 0 aromatic rings. The van der Waals surface area contributed by atoms with Crippen molar-refractivity contribution < 1.29 is 14.6 Å². The maximum Gasteiger partial charge on any atom is 0.188 e. The molecule has 2 unspecified atom stereocenters. The van der Waals surface area contributed by atoms with Crippen molar-refractivity contribution in [3.8, 4) is 0 Å². The lowest BCUT2D eigenvalue weighted by Crippen LogP contribution is -2.20. The summed E-state index contributed by atoms with van der Waals surface area (Å²) in [6.07, 6.45) is -0.856. The predicted molar refractivity (Wildman–Crippen MR) is 37.2 cm³/mol. The molecule has 0 aliphatic carbocycles. The average Bonchev–Trinajstić information content (AvgIpc) is 2.34. The zero-order valence-electron chi connectivity index (χ0n) is 5.17. The number of aliphatic hydroxyl groups is 1. The van der Waals surface area contributed by atoms with E-state index in [0.717, 1.165) is 0 Å². The van der Waals surface area contributed by atoms with E-state index in [1.54, 1.807) is 0 Å². The molecule has 1 rings (SSSR count). The van der Waals surface area contributed by atoms with Crippen LogP contribution in [0.15, 0.2) is 0 Å². The number of hydrogen-bond donors (Lipinski definition) is 1. The van der Waals surface area contributed by atoms with Crippen LogP contribution in [0.25, 0.3) is 0 Å². The Kier molecular flexibility index (Phi) is 3.20. The van der Waals surface area contributed by atoms with Gasteiger partial charge in [0.15, 0.2) is 11.1 Å². The second-order valence-electron chi connectivity index (χ2n) is 1.98. The molecule has 5 heteroatoms. The van der Waals surface area contributed by atoms with Gasteiger partial charge in [-0.15, -0.1) is 0 Å². The van der Waals surface area contributed by atoms with E-state index >= 15 is 0 Å². The Morgan fingerprint density at radius 3 is 2.60 bits per heavy atom. The second-order valence-corrected chi connectivity index (χ2v) is 3.14. The van der Waals surface area contributed by atoms with E-state index in [0.29, 0.717) is 6.61 Å². The van der Waals surface area contributed by atoms with Gasteiger partial charge in [-0.3, -0.25) is 0 Å². The SMILES string of the molecule is OCC1COC(C(Cl)Cl)O1. The van der Waals surface area contributed by atoms with Crippen molar-refractivity contribution in [3.05, 3.63) is 0 Å². The molecule has 10 heavy (non-hydrogen) atoms. The standard InChI is InChI=1S/C5H8Cl2O3/c6-4(7)5-9-2-3(1-8)10-5/h3-5,8H,1-2H2. The number of halogens is 2. The van der Waals surface area contributed by atoms with Gasteiger partial charge in [0.2, 0.25) is 0 Å². The van der Waals surface area contributed by atoms with Crippen molar-refractivity contribution in [2.24, 2.45) is 0 Å². The lowest BCUT2D eigenvalue weighted by Gasteiger charge is -2.09. The second kappa shape index (κ2) is 3.74. The minimum absolute atomic E-state index is 0.0585. The van der Waals surface area contributed by atoms with Crippen molar-refractivity contribution in [3.63, 3.8) is 0 Å². The van der Waals surface area contributed by atoms with Crippen LogP contribution >= 0.6 is 23.2 Å². The molecule has 1 fully saturated rings. The summed E-state index contributed by atoms with van der Waals surface area (Å²) in [5.74, 6) is 0. The summed E-state index contributed by atoms with van der Waals surface area (Å²) in [5.41, 5.74) is 0. The maximum absolute atomic E-state index is 8.57. The van der Waals surface area contributed by atoms with Crippen molar-refractivity contribution in [1.29, 1.82) is 0 Å². The Morgan fingerprint density at radius 2 is 2.30 bits per heavy atom. The van der Waals surface area contributed by atoms with E-state index in [4.69, 9.17) is 37.8 Å². The van der Waals surface area contributed by atoms with E-state index < -0.39 is 11.1 Å². The Labute approximate surface area is 68.8 Å². The van der Waals surface area contributed by atoms with Crippen molar-refractivity contribution in [2.75, 3.05) is 13.2 Å². The Morgan fingerprint density at radius 1 is 1.60 bits per heavy atom. The smallest absolute Gasteiger partial charge is 0.188 e. The van der Waals surface area contributed by atoms with Crippen LogP contribution in [0.5, 0.6) is 0 Å². The van der Waals surface area contributed by atoms with Crippen LogP contribution in [-0.4, -0.2) is 35.6 Å². The molecule has 1 heterocycles. The summed E-state index contributed by atoms with van der Waals surface area (Å²) in [7, 11) is 0. The Bertz CT molecular complexity index is 109. The van der Waals surface area contributed by atoms with Crippen LogP contribution in [0, 0.1) is 0 Å². The third kappa shape index (κ3) is 1.97. The van der Waals surface area contributed by atoms with E-state index in [1.807, 2.05) is 0 Å². The van der Waals surface area contributed by atoms with E-state index in [9.17, 15) is 0 Å². The Hall–Kier alpha value is 0.460. The van der Waals surface area contributed by atoms with Gasteiger partial charge in [-0.05, 0) is 0 Å². The zero-order valence-corrected chi connectivity index (χ0v) is 6.68. The molecule has 0 amide bonds. The highest BCUT2D eigenvalue weighted by Gasteiger charge is 2.29. The molecule has 0 aromatic heterocycles. The minimum atomic E-state index is -0.684. The maximum atomic E-state index is 8.57. The van der Waals surface area contributed by atoms with E-state index in [2.05, 4.69) is 0 Å². The highest BCUT2D eigenvalue weighted by Crippen LogP contribution is 2.20. The lowest BCUT2D eigenvalue weighted by molar-refractivity contribution is -0.0544. The van der Waals surface area contributed by atoms with Gasteiger partial charge in [0.1, 0.15) is 6.10 Å². The third-order valence-corrected chi connectivity index (χ3v) is 1.59. The molecule has 2 atom stereocenters. The van der Waals surface area contributed by atoms with Crippen LogP contribution in [0.4, 0.5) is 0 Å². The number of ether oxygens (including phenoxy) is 2. The van der Waals surface area contributed by atoms with Gasteiger partial charge in [-0.2, -0.15) is 0 Å². The molecule has 1 N–H and O–H groups in total. The van der Waals surface area contributed by atoms with E-state index in [1.165, 1.54) is 0 Å². The normalized spacial score (nSPS) is 33.6. The summed E-state index contributed by atoms with van der Waals surface area (Å²) >= 11 is 10.9. The number of rotatable bonds is 2. The molecule has 1 aliphatic rings. The number of alkyl halides is 2. The van der Waals surface area contributed by atoms with Gasteiger partial charge in [0.05, 0.1) is 13.2 Å². The quantitative estimate of drug-likeness (QED) is 0.640. The van der Waals surface area contributed by atoms with Gasteiger partial charge in [-0.25, -0.2) is 0 Å². The van der Waals surface area contributed by atoms with Gasteiger partial charge in [-0.1, -0.05) is 23.2 Å². The van der Waals surface area contributed by atoms with Crippen LogP contribution in [0.1, 0.15) is 0 Å². The van der Waals surface area contributed by atoms with Crippen LogP contribution in [0.3, 0.4) is 0 Å². The molecule has 1 aliphatic heterocycles. The highest BCUT2D eigenvalue weighted by atomic mass is 35.5. The summed E-state index contributed by atoms with van der Waals surface area (Å²) in [6, 6.07) is 0. The molecule has 60 valence electrons. The van der Waals surface area contributed by atoms with E-state index in [-0.39, 0.29) is 12.7 Å². The fourth-order valence-electron chi connectivity index (χ4n) is 0.698. The Balaban J connectivity index is 2.28. The van der Waals surface area contributed by atoms with Gasteiger partial charge in [0, 0.05) is 0 Å². The molecule has 1 saturated heterocycles. The van der Waals surface area contributed by atoms with Gasteiger partial charge < -0.3 is 14.6 Å². The van der Waals surface area contributed by atoms with Crippen molar-refractivity contribution in [1.82, 2.24) is 0 Å². The summed E-state index contributed by atoms with van der Waals surface area (Å²) in [4.78, 5) is -0.684. The minimum Gasteiger partial charge on any atom is -0.394 e. The van der Waals surface area contributed by atoms with Crippen molar-refractivity contribution >= 4 is 23.2 Å². The highest BCUT2D eigenvalue weighted by molar-refractivity contribution is 6.44. The van der Waals surface area contributed by atoms with Gasteiger partial charge >= 0.3 is 0 Å². The molecule has 0 saturated carbocycles. The van der Waals surface area contributed by atoms with Crippen molar-refractivity contribution in [2.45, 2.75) is 17.2 Å². The van der Waals surface area contributed by atoms with Crippen LogP contribution in [0.2, 0.25) is 0 Å². The fraction of sp³-hybridized carbons (Fsp3) is 1.00. The molecular formula is C5H8Cl2O3. The topological polar surface area (TPSA) is 38.7 Å². The van der Waals surface area contributed by atoms with Crippen LogP contribution < -0.4 is 0 Å². The molecule has 3 nitrogen and oxygen atoms in total. The lowest BCUT2D eigenvalue weighted by atomic mass is 10.4. The van der Waals surface area contributed by atoms with Crippen LogP contribution in [-0.2, 0) is 9.47 Å². The number of hydrogen-bond acceptors (Lipinski definition) is 3. The predicted octanol–water partition coefficient (Wildman–Crippen LogP) is 0.524. The third-order valence-electron chi connectivity index (χ3n) is 1.18. The fourth-order valence-corrected chi connectivity index (χ4v) is 0.963.